The minimum atomic E-state index is -1.23. The summed E-state index contributed by atoms with van der Waals surface area (Å²) < 4.78 is 12.1. The lowest BCUT2D eigenvalue weighted by Crippen LogP contribution is -2.57. The molecule has 1 aromatic carbocycles. The topological polar surface area (TPSA) is 125 Å². The largest absolute Gasteiger partial charge is 0.463 e. The number of esters is 1. The number of halogens is 1. The number of carbonyl (C=O) groups is 4. The van der Waals surface area contributed by atoms with Gasteiger partial charge in [0.05, 0.1) is 30.6 Å². The Labute approximate surface area is 267 Å². The molecule has 3 aliphatic heterocycles. The second-order valence-electron chi connectivity index (χ2n) is 11.7. The molecular weight excluding hydrogens is 630 g/mol. The number of aliphatic hydroxyl groups is 1. The van der Waals surface area contributed by atoms with E-state index in [1.807, 2.05) is 30.3 Å². The molecule has 1 spiro atoms. The van der Waals surface area contributed by atoms with Gasteiger partial charge in [0.2, 0.25) is 17.7 Å². The Bertz CT molecular complexity index is 1210. The average Bonchev–Trinajstić information content (AvgIpc) is 3.61. The Morgan fingerprint density at radius 1 is 1.25 bits per heavy atom. The van der Waals surface area contributed by atoms with Gasteiger partial charge in [-0.25, -0.2) is 0 Å². The van der Waals surface area contributed by atoms with Gasteiger partial charge in [-0.05, 0) is 24.8 Å². The average molecular weight is 675 g/mol. The quantitative estimate of drug-likeness (QED) is 0.113. The first kappa shape index (κ1) is 33.9. The molecule has 3 amide bonds. The number of nitrogens with zero attached hydrogens (tertiary/aromatic N) is 2. The molecule has 0 saturated carbocycles. The SMILES string of the molecule is C=CCCC(=O)OC[C@@H](NC(=O)[C@@H]1[C@H]2O[C@@]3(CC2Br)[C@H](C(=O)N(CC=C)CCCCC)N(CCO)C(=O)[C@@H]13)c1ccccc1. The fourth-order valence-corrected chi connectivity index (χ4v) is 7.82. The van der Waals surface area contributed by atoms with Crippen LogP contribution in [0.3, 0.4) is 0 Å². The summed E-state index contributed by atoms with van der Waals surface area (Å²) in [7, 11) is 0. The molecule has 3 heterocycles. The van der Waals surface area contributed by atoms with Crippen LogP contribution in [0.4, 0.5) is 0 Å². The number of alkyl halides is 1. The van der Waals surface area contributed by atoms with Crippen LogP contribution in [0.1, 0.15) is 57.1 Å². The molecule has 10 nitrogen and oxygen atoms in total. The van der Waals surface area contributed by atoms with E-state index in [1.165, 1.54) is 4.90 Å². The van der Waals surface area contributed by atoms with Crippen LogP contribution in [0, 0.1) is 11.8 Å². The van der Waals surface area contributed by atoms with Crippen LogP contribution < -0.4 is 5.32 Å². The van der Waals surface area contributed by atoms with Crippen molar-refractivity contribution in [2.24, 2.45) is 11.8 Å². The van der Waals surface area contributed by atoms with Gasteiger partial charge < -0.3 is 29.7 Å². The highest BCUT2D eigenvalue weighted by atomic mass is 79.9. The van der Waals surface area contributed by atoms with Crippen LogP contribution in [0.15, 0.2) is 55.6 Å². The molecular formula is C33H44BrN3O7. The number of likely N-dealkylation sites (tertiary alicyclic amines) is 1. The summed E-state index contributed by atoms with van der Waals surface area (Å²) in [4.78, 5) is 57.5. The summed E-state index contributed by atoms with van der Waals surface area (Å²) in [6.07, 6.45) is 6.44. The maximum atomic E-state index is 14.2. The number of β-amino-alcohol motifs (C(OH)–C–C–N with tert-alkyl or cyclic N) is 1. The molecule has 4 rings (SSSR count). The molecule has 1 unspecified atom stereocenters. The Hall–Kier alpha value is -3.02. The van der Waals surface area contributed by atoms with E-state index in [4.69, 9.17) is 9.47 Å². The second kappa shape index (κ2) is 15.3. The van der Waals surface area contributed by atoms with E-state index in [-0.39, 0.29) is 42.8 Å². The molecule has 11 heteroatoms. The van der Waals surface area contributed by atoms with Gasteiger partial charge in [-0.3, -0.25) is 19.2 Å². The van der Waals surface area contributed by atoms with Gasteiger partial charge >= 0.3 is 5.97 Å². The van der Waals surface area contributed by atoms with Gasteiger partial charge in [0.1, 0.15) is 18.2 Å². The number of allylic oxidation sites excluding steroid dienone is 1. The van der Waals surface area contributed by atoms with Crippen molar-refractivity contribution in [1.82, 2.24) is 15.1 Å². The van der Waals surface area contributed by atoms with Crippen molar-refractivity contribution in [3.8, 4) is 0 Å². The van der Waals surface area contributed by atoms with Crippen molar-refractivity contribution in [1.29, 1.82) is 0 Å². The predicted octanol–water partition coefficient (Wildman–Crippen LogP) is 3.30. The van der Waals surface area contributed by atoms with Crippen LogP contribution >= 0.6 is 15.9 Å². The van der Waals surface area contributed by atoms with Crippen molar-refractivity contribution >= 4 is 39.6 Å². The molecule has 3 fully saturated rings. The summed E-state index contributed by atoms with van der Waals surface area (Å²) in [5.74, 6) is -3.26. The zero-order chi connectivity index (χ0) is 31.9. The molecule has 2 N–H and O–H groups in total. The highest BCUT2D eigenvalue weighted by Gasteiger charge is 2.76. The van der Waals surface area contributed by atoms with Crippen molar-refractivity contribution < 1.29 is 33.8 Å². The molecule has 3 aliphatic rings. The van der Waals surface area contributed by atoms with E-state index in [0.717, 1.165) is 24.8 Å². The number of unbranched alkanes of at least 4 members (excludes halogenated alkanes) is 2. The molecule has 1 aromatic rings. The van der Waals surface area contributed by atoms with Crippen LogP contribution in [0.5, 0.6) is 0 Å². The van der Waals surface area contributed by atoms with Gasteiger partial charge in [-0.1, -0.05) is 78.2 Å². The third-order valence-corrected chi connectivity index (χ3v) is 9.69. The van der Waals surface area contributed by atoms with Crippen LogP contribution in [0.25, 0.3) is 0 Å². The van der Waals surface area contributed by atoms with E-state index in [2.05, 4.69) is 41.3 Å². The fraction of sp³-hybridized carbons (Fsp3) is 0.576. The van der Waals surface area contributed by atoms with E-state index in [0.29, 0.717) is 25.9 Å². The Morgan fingerprint density at radius 2 is 2.00 bits per heavy atom. The summed E-state index contributed by atoms with van der Waals surface area (Å²) in [6, 6.07) is 7.54. The van der Waals surface area contributed by atoms with E-state index < -0.39 is 47.5 Å². The van der Waals surface area contributed by atoms with E-state index in [1.54, 1.807) is 17.1 Å². The van der Waals surface area contributed by atoms with Gasteiger partial charge in [0.15, 0.2) is 0 Å². The molecule has 2 bridgehead atoms. The lowest BCUT2D eigenvalue weighted by molar-refractivity contribution is -0.148. The van der Waals surface area contributed by atoms with Gasteiger partial charge in [-0.15, -0.1) is 13.2 Å². The lowest BCUT2D eigenvalue weighted by atomic mass is 9.70. The highest BCUT2D eigenvalue weighted by molar-refractivity contribution is 9.09. The third-order valence-electron chi connectivity index (χ3n) is 8.84. The zero-order valence-corrected chi connectivity index (χ0v) is 27.0. The number of amides is 3. The number of fused-ring (bicyclic) bond motifs is 1. The fourth-order valence-electron chi connectivity index (χ4n) is 6.87. The first-order valence-corrected chi connectivity index (χ1v) is 16.4. The van der Waals surface area contributed by atoms with Crippen LogP contribution in [-0.4, -0.2) is 94.0 Å². The standard InChI is InChI=1S/C33H44BrN3O7/c1-4-7-12-17-36(16-6-3)32(42)29-33-20-23(34)28(44-33)26(27(33)31(41)37(29)18-19-38)30(40)35-24(22-13-10-9-11-14-22)21-43-25(39)15-8-5-2/h5-6,9-11,13-14,23-24,26-29,38H,2-4,7-8,12,15-21H2,1H3,(H,35,40)/t23?,24-,26+,27-,28+,29+,33-/m1/s1. The first-order valence-electron chi connectivity index (χ1n) is 15.5. The first-order chi connectivity index (χ1) is 21.2. The smallest absolute Gasteiger partial charge is 0.306 e. The number of nitrogens with one attached hydrogen (secondary N) is 1. The van der Waals surface area contributed by atoms with Gasteiger partial charge in [0, 0.05) is 30.9 Å². The summed E-state index contributed by atoms with van der Waals surface area (Å²) in [5, 5.41) is 12.9. The molecule has 3 saturated heterocycles. The zero-order valence-electron chi connectivity index (χ0n) is 25.4. The summed E-state index contributed by atoms with van der Waals surface area (Å²) in [5.41, 5.74) is -0.486. The number of aliphatic hydroxyl groups excluding tert-OH is 1. The highest BCUT2D eigenvalue weighted by Crippen LogP contribution is 2.60. The van der Waals surface area contributed by atoms with Gasteiger partial charge in [0.25, 0.3) is 0 Å². The summed E-state index contributed by atoms with van der Waals surface area (Å²) >= 11 is 3.69. The molecule has 240 valence electrons. The van der Waals surface area contributed by atoms with Crippen molar-refractivity contribution in [3.63, 3.8) is 0 Å². The molecule has 0 aliphatic carbocycles. The number of rotatable bonds is 17. The number of carbonyl (C=O) groups excluding carboxylic acids is 4. The Balaban J connectivity index is 1.62. The molecule has 44 heavy (non-hydrogen) atoms. The number of ether oxygens (including phenoxy) is 2. The maximum Gasteiger partial charge on any atom is 0.306 e. The normalized spacial score (nSPS) is 27.5. The number of hydrogen-bond donors (Lipinski definition) is 2. The molecule has 0 radical (unpaired) electrons. The lowest BCUT2D eigenvalue weighted by Gasteiger charge is -2.37. The van der Waals surface area contributed by atoms with Gasteiger partial charge in [-0.2, -0.15) is 0 Å². The predicted molar refractivity (Wildman–Crippen MR) is 169 cm³/mol. The molecule has 0 aromatic heterocycles. The third kappa shape index (κ3) is 6.79. The number of hydrogen-bond acceptors (Lipinski definition) is 7. The van der Waals surface area contributed by atoms with Crippen molar-refractivity contribution in [2.75, 3.05) is 32.8 Å². The number of benzene rings is 1. The van der Waals surface area contributed by atoms with E-state index in [9.17, 15) is 24.3 Å². The van der Waals surface area contributed by atoms with Crippen LogP contribution in [0.2, 0.25) is 0 Å². The maximum absolute atomic E-state index is 14.2. The Morgan fingerprint density at radius 3 is 2.66 bits per heavy atom. The molecule has 7 atom stereocenters. The Kier molecular flexibility index (Phi) is 11.8. The minimum absolute atomic E-state index is 0.0486. The van der Waals surface area contributed by atoms with E-state index >= 15 is 0 Å². The minimum Gasteiger partial charge on any atom is -0.463 e. The summed E-state index contributed by atoms with van der Waals surface area (Å²) in [6.45, 7) is 9.89. The van der Waals surface area contributed by atoms with Crippen molar-refractivity contribution in [3.05, 3.63) is 61.2 Å². The van der Waals surface area contributed by atoms with Crippen LogP contribution in [-0.2, 0) is 28.7 Å². The second-order valence-corrected chi connectivity index (χ2v) is 12.9. The van der Waals surface area contributed by atoms with Crippen molar-refractivity contribution in [2.45, 2.75) is 74.1 Å². The monoisotopic (exact) mass is 673 g/mol.